The van der Waals surface area contributed by atoms with Crippen LogP contribution < -0.4 is 4.72 Å². The van der Waals surface area contributed by atoms with Crippen molar-refractivity contribution in [3.63, 3.8) is 0 Å². The van der Waals surface area contributed by atoms with Crippen molar-refractivity contribution in [2.24, 2.45) is 0 Å². The minimum Gasteiger partial charge on any atom is -0.478 e. The van der Waals surface area contributed by atoms with E-state index < -0.39 is 31.5 Å². The third-order valence-electron chi connectivity index (χ3n) is 2.45. The summed E-state index contributed by atoms with van der Waals surface area (Å²) in [5, 5.41) is 11.9. The molecule has 0 unspecified atom stereocenters. The molecule has 0 aliphatic heterocycles. The van der Waals surface area contributed by atoms with E-state index in [4.69, 9.17) is 32.8 Å². The zero-order chi connectivity index (χ0) is 15.6. The average molecular weight is 351 g/mol. The Morgan fingerprint density at radius 2 is 2.10 bits per heavy atom. The van der Waals surface area contributed by atoms with Gasteiger partial charge in [-0.3, -0.25) is 0 Å². The Morgan fingerprint density at radius 1 is 1.38 bits per heavy atom. The number of sulfonamides is 1. The summed E-state index contributed by atoms with van der Waals surface area (Å²) in [5.74, 6) is -1.09. The fourth-order valence-electron chi connectivity index (χ4n) is 1.49. The van der Waals surface area contributed by atoms with Gasteiger partial charge in [0.2, 0.25) is 10.0 Å². The molecular weight excluding hydrogens is 343 g/mol. The highest BCUT2D eigenvalue weighted by Crippen LogP contribution is 2.29. The van der Waals surface area contributed by atoms with Crippen LogP contribution in [0.5, 0.6) is 0 Å². The summed E-state index contributed by atoms with van der Waals surface area (Å²) < 4.78 is 31.3. The van der Waals surface area contributed by atoms with E-state index >= 15 is 0 Å². The molecule has 0 atom stereocenters. The molecular formula is C11H8Cl2N2O5S. The second-order valence-electron chi connectivity index (χ2n) is 3.87. The van der Waals surface area contributed by atoms with E-state index in [9.17, 15) is 13.2 Å². The van der Waals surface area contributed by atoms with Crippen molar-refractivity contribution in [3.8, 4) is 0 Å². The fourth-order valence-corrected chi connectivity index (χ4v) is 3.39. The van der Waals surface area contributed by atoms with E-state index in [1.165, 1.54) is 12.3 Å². The number of nitrogens with zero attached hydrogens (tertiary/aromatic N) is 1. The second kappa shape index (κ2) is 6.02. The molecule has 1 aromatic heterocycles. The van der Waals surface area contributed by atoms with Gasteiger partial charge in [-0.1, -0.05) is 28.4 Å². The van der Waals surface area contributed by atoms with Crippen LogP contribution in [0.4, 0.5) is 0 Å². The molecule has 112 valence electrons. The largest absolute Gasteiger partial charge is 0.478 e. The van der Waals surface area contributed by atoms with Crippen LogP contribution in [0.25, 0.3) is 0 Å². The van der Waals surface area contributed by atoms with Gasteiger partial charge in [-0.15, -0.1) is 0 Å². The van der Waals surface area contributed by atoms with Crippen molar-refractivity contribution in [1.82, 2.24) is 9.88 Å². The van der Waals surface area contributed by atoms with Gasteiger partial charge >= 0.3 is 5.97 Å². The van der Waals surface area contributed by atoms with Gasteiger partial charge in [-0.2, -0.15) is 0 Å². The fraction of sp³-hybridized carbons (Fsp3) is 0.0909. The Labute approximate surface area is 129 Å². The van der Waals surface area contributed by atoms with Gasteiger partial charge in [-0.25, -0.2) is 17.9 Å². The molecule has 2 aromatic rings. The van der Waals surface area contributed by atoms with Crippen molar-refractivity contribution in [2.75, 3.05) is 0 Å². The van der Waals surface area contributed by atoms with Crippen molar-refractivity contribution in [1.29, 1.82) is 0 Å². The monoisotopic (exact) mass is 350 g/mol. The smallest absolute Gasteiger partial charge is 0.337 e. The lowest BCUT2D eigenvalue weighted by atomic mass is 10.2. The van der Waals surface area contributed by atoms with E-state index in [1.807, 2.05) is 0 Å². The predicted octanol–water partition coefficient (Wildman–Crippen LogP) is 2.16. The summed E-state index contributed by atoms with van der Waals surface area (Å²) in [6, 6.07) is 3.62. The summed E-state index contributed by atoms with van der Waals surface area (Å²) in [7, 11) is -4.06. The number of rotatable bonds is 5. The number of halogens is 2. The van der Waals surface area contributed by atoms with Crippen LogP contribution in [0.3, 0.4) is 0 Å². The second-order valence-corrected chi connectivity index (χ2v) is 6.42. The Morgan fingerprint density at radius 3 is 2.67 bits per heavy atom. The number of aromatic carboxylic acids is 1. The van der Waals surface area contributed by atoms with E-state index in [2.05, 4.69) is 9.88 Å². The lowest BCUT2D eigenvalue weighted by molar-refractivity contribution is 0.0697. The molecule has 0 fully saturated rings. The van der Waals surface area contributed by atoms with Gasteiger partial charge in [0, 0.05) is 11.1 Å². The Balaban J connectivity index is 2.37. The van der Waals surface area contributed by atoms with Gasteiger partial charge < -0.3 is 9.63 Å². The topological polar surface area (TPSA) is 110 Å². The molecule has 0 saturated carbocycles. The van der Waals surface area contributed by atoms with Crippen LogP contribution in [-0.2, 0) is 16.6 Å². The van der Waals surface area contributed by atoms with Crippen LogP contribution in [0.15, 0.2) is 33.8 Å². The normalized spacial score (nSPS) is 11.5. The molecule has 0 spiro atoms. The predicted molar refractivity (Wildman–Crippen MR) is 73.9 cm³/mol. The molecule has 0 saturated heterocycles. The first-order valence-corrected chi connectivity index (χ1v) is 7.67. The molecule has 7 nitrogen and oxygen atoms in total. The number of hydrogen-bond donors (Lipinski definition) is 2. The number of carboxylic acid groups (broad SMARTS) is 1. The molecule has 2 rings (SSSR count). The van der Waals surface area contributed by atoms with Gasteiger partial charge in [0.15, 0.2) is 5.76 Å². The minimum atomic E-state index is -4.06. The number of nitrogens with one attached hydrogen (secondary N) is 1. The molecule has 0 amide bonds. The molecule has 0 aliphatic carbocycles. The van der Waals surface area contributed by atoms with Gasteiger partial charge in [0.1, 0.15) is 4.90 Å². The lowest BCUT2D eigenvalue weighted by Crippen LogP contribution is -2.24. The quantitative estimate of drug-likeness (QED) is 0.854. The highest BCUT2D eigenvalue weighted by molar-refractivity contribution is 7.89. The number of carbonyl (C=O) groups is 1. The first-order chi connectivity index (χ1) is 9.81. The van der Waals surface area contributed by atoms with Gasteiger partial charge in [0.25, 0.3) is 0 Å². The van der Waals surface area contributed by atoms with Crippen LogP contribution in [0.2, 0.25) is 10.0 Å². The van der Waals surface area contributed by atoms with E-state index in [0.29, 0.717) is 0 Å². The molecule has 10 heteroatoms. The number of benzene rings is 1. The zero-order valence-electron chi connectivity index (χ0n) is 10.2. The number of aromatic nitrogens is 1. The molecule has 1 aromatic carbocycles. The summed E-state index contributed by atoms with van der Waals surface area (Å²) in [5.41, 5.74) is -0.399. The first-order valence-electron chi connectivity index (χ1n) is 5.43. The van der Waals surface area contributed by atoms with Crippen molar-refractivity contribution < 1.29 is 22.8 Å². The highest BCUT2D eigenvalue weighted by Gasteiger charge is 2.23. The standard InChI is InChI=1S/C11H8Cl2N2O5S/c12-6-3-8(11(16)17)10(13)9(4-6)21(18,19)15-5-7-1-2-14-20-7/h1-4,15H,5H2,(H,16,17). The summed E-state index contributed by atoms with van der Waals surface area (Å²) >= 11 is 11.6. The minimum absolute atomic E-state index is 0.0585. The molecule has 1 heterocycles. The Bertz CT molecular complexity index is 774. The summed E-state index contributed by atoms with van der Waals surface area (Å²) in [4.78, 5) is 10.6. The van der Waals surface area contributed by atoms with Crippen molar-refractivity contribution in [3.05, 3.63) is 45.8 Å². The SMILES string of the molecule is O=C(O)c1cc(Cl)cc(S(=O)(=O)NCc2ccno2)c1Cl. The lowest BCUT2D eigenvalue weighted by Gasteiger charge is -2.09. The van der Waals surface area contributed by atoms with Crippen LogP contribution >= 0.6 is 23.2 Å². The van der Waals surface area contributed by atoms with Gasteiger partial charge in [-0.05, 0) is 12.1 Å². The molecule has 0 aliphatic rings. The highest BCUT2D eigenvalue weighted by atomic mass is 35.5. The maximum absolute atomic E-state index is 12.2. The Kier molecular flexibility index (Phi) is 4.52. The van der Waals surface area contributed by atoms with E-state index in [1.54, 1.807) is 0 Å². The molecule has 2 N–H and O–H groups in total. The molecule has 0 bridgehead atoms. The van der Waals surface area contributed by atoms with E-state index in [0.717, 1.165) is 12.1 Å². The maximum Gasteiger partial charge on any atom is 0.337 e. The summed E-state index contributed by atoms with van der Waals surface area (Å²) in [6.07, 6.45) is 1.36. The van der Waals surface area contributed by atoms with Crippen LogP contribution in [0, 0.1) is 0 Å². The third kappa shape index (κ3) is 3.53. The Hall–Kier alpha value is -1.61. The molecule has 21 heavy (non-hydrogen) atoms. The van der Waals surface area contributed by atoms with E-state index in [-0.39, 0.29) is 17.3 Å². The number of carboxylic acids is 1. The third-order valence-corrected chi connectivity index (χ3v) is 4.61. The maximum atomic E-state index is 12.2. The van der Waals surface area contributed by atoms with Crippen LogP contribution in [0.1, 0.15) is 16.1 Å². The number of hydrogen-bond acceptors (Lipinski definition) is 5. The summed E-state index contributed by atoms with van der Waals surface area (Å²) in [6.45, 7) is -0.159. The molecule has 0 radical (unpaired) electrons. The zero-order valence-corrected chi connectivity index (χ0v) is 12.5. The van der Waals surface area contributed by atoms with Gasteiger partial charge in [0.05, 0.1) is 23.3 Å². The van der Waals surface area contributed by atoms with Crippen molar-refractivity contribution in [2.45, 2.75) is 11.4 Å². The first kappa shape index (κ1) is 15.8. The van der Waals surface area contributed by atoms with Crippen molar-refractivity contribution >= 4 is 39.2 Å². The van der Waals surface area contributed by atoms with Crippen LogP contribution in [-0.4, -0.2) is 24.7 Å². The average Bonchev–Trinajstić information content (AvgIpc) is 2.91.